The van der Waals surface area contributed by atoms with E-state index in [0.717, 1.165) is 5.39 Å². The van der Waals surface area contributed by atoms with Crippen LogP contribution in [0.5, 0.6) is 0 Å². The highest BCUT2D eigenvalue weighted by Gasteiger charge is 2.23. The van der Waals surface area contributed by atoms with Crippen LogP contribution in [0.4, 0.5) is 0 Å². The number of carbonyl (C=O) groups is 1. The third-order valence-electron chi connectivity index (χ3n) is 3.78. The number of benzene rings is 1. The number of rotatable bonds is 4. The average Bonchev–Trinajstić information content (AvgIpc) is 2.73. The summed E-state index contributed by atoms with van der Waals surface area (Å²) in [5.41, 5.74) is 1.44. The van der Waals surface area contributed by atoms with Crippen LogP contribution in [0.15, 0.2) is 28.7 Å². The normalized spacial score (nSPS) is 13.6. The van der Waals surface area contributed by atoms with Crippen LogP contribution in [0.2, 0.25) is 0 Å². The molecule has 0 fully saturated rings. The van der Waals surface area contributed by atoms with Gasteiger partial charge in [0.2, 0.25) is 5.76 Å². The van der Waals surface area contributed by atoms with Crippen molar-refractivity contribution in [2.75, 3.05) is 0 Å². The maximum Gasteiger partial charge on any atom is 0.372 e. The van der Waals surface area contributed by atoms with Crippen molar-refractivity contribution >= 4 is 16.9 Å². The Balaban J connectivity index is 2.33. The number of hydrogen-bond acceptors (Lipinski definition) is 3. The number of hydrogen-bond donors (Lipinski definition) is 2. The third kappa shape index (κ3) is 2.85. The first-order valence-corrected chi connectivity index (χ1v) is 6.78. The van der Waals surface area contributed by atoms with Crippen LogP contribution >= 0.6 is 0 Å². The Morgan fingerprint density at radius 2 is 2.00 bits per heavy atom. The molecule has 4 nitrogen and oxygen atoms in total. The molecular formula is C16H21NO3. The van der Waals surface area contributed by atoms with Crippen LogP contribution in [-0.4, -0.2) is 17.1 Å². The van der Waals surface area contributed by atoms with Gasteiger partial charge in [0, 0.05) is 23.5 Å². The number of para-hydroxylation sites is 1. The number of carboxylic acids is 1. The van der Waals surface area contributed by atoms with Crippen LogP contribution in [-0.2, 0) is 6.54 Å². The molecule has 0 aliphatic rings. The van der Waals surface area contributed by atoms with Gasteiger partial charge < -0.3 is 14.8 Å². The fourth-order valence-corrected chi connectivity index (χ4v) is 2.01. The second-order valence-corrected chi connectivity index (χ2v) is 6.18. The van der Waals surface area contributed by atoms with Gasteiger partial charge in [0.25, 0.3) is 0 Å². The predicted molar refractivity (Wildman–Crippen MR) is 78.9 cm³/mol. The minimum absolute atomic E-state index is 0.0276. The molecule has 1 aromatic heterocycles. The summed E-state index contributed by atoms with van der Waals surface area (Å²) in [7, 11) is 0. The predicted octanol–water partition coefficient (Wildman–Crippen LogP) is 3.66. The summed E-state index contributed by atoms with van der Waals surface area (Å²) in [4.78, 5) is 11.3. The molecule has 0 saturated carbocycles. The first-order chi connectivity index (χ1) is 9.30. The van der Waals surface area contributed by atoms with Crippen LogP contribution in [0, 0.1) is 5.41 Å². The van der Waals surface area contributed by atoms with Crippen molar-refractivity contribution in [1.29, 1.82) is 0 Å². The Labute approximate surface area is 118 Å². The fraction of sp³-hybridized carbons (Fsp3) is 0.438. The second-order valence-electron chi connectivity index (χ2n) is 6.18. The van der Waals surface area contributed by atoms with Gasteiger partial charge >= 0.3 is 5.97 Å². The van der Waals surface area contributed by atoms with Crippen molar-refractivity contribution in [1.82, 2.24) is 5.32 Å². The van der Waals surface area contributed by atoms with Crippen molar-refractivity contribution in [3.05, 3.63) is 35.6 Å². The minimum Gasteiger partial charge on any atom is -0.475 e. The molecule has 1 atom stereocenters. The molecule has 4 heteroatoms. The highest BCUT2D eigenvalue weighted by atomic mass is 16.4. The fourth-order valence-electron chi connectivity index (χ4n) is 2.01. The van der Waals surface area contributed by atoms with Gasteiger partial charge in [0.05, 0.1) is 0 Å². The molecule has 108 valence electrons. The van der Waals surface area contributed by atoms with Crippen molar-refractivity contribution < 1.29 is 14.3 Å². The van der Waals surface area contributed by atoms with Crippen LogP contribution in [0.1, 0.15) is 43.8 Å². The maximum absolute atomic E-state index is 11.3. The Kier molecular flexibility index (Phi) is 3.86. The molecule has 0 aliphatic heterocycles. The zero-order valence-electron chi connectivity index (χ0n) is 12.4. The highest BCUT2D eigenvalue weighted by molar-refractivity contribution is 5.95. The SMILES string of the molecule is CC(NCc1c(C(=O)O)oc2ccccc12)C(C)(C)C. The molecule has 0 amide bonds. The summed E-state index contributed by atoms with van der Waals surface area (Å²) in [5, 5.41) is 13.5. The lowest BCUT2D eigenvalue weighted by Gasteiger charge is -2.28. The first-order valence-electron chi connectivity index (χ1n) is 6.78. The molecule has 0 spiro atoms. The summed E-state index contributed by atoms with van der Waals surface area (Å²) in [6, 6.07) is 7.67. The monoisotopic (exact) mass is 275 g/mol. The number of aromatic carboxylic acids is 1. The largest absolute Gasteiger partial charge is 0.475 e. The van der Waals surface area contributed by atoms with Crippen molar-refractivity contribution in [2.24, 2.45) is 5.41 Å². The van der Waals surface area contributed by atoms with E-state index in [1.807, 2.05) is 18.2 Å². The molecule has 1 heterocycles. The number of carboxylic acid groups (broad SMARTS) is 1. The van der Waals surface area contributed by atoms with E-state index in [2.05, 4.69) is 33.0 Å². The van der Waals surface area contributed by atoms with Gasteiger partial charge in [-0.3, -0.25) is 0 Å². The standard InChI is InChI=1S/C16H21NO3/c1-10(16(2,3)4)17-9-12-11-7-5-6-8-13(11)20-14(12)15(18)19/h5-8,10,17H,9H2,1-4H3,(H,18,19). The number of fused-ring (bicyclic) bond motifs is 1. The Hall–Kier alpha value is -1.81. The lowest BCUT2D eigenvalue weighted by atomic mass is 9.88. The first kappa shape index (κ1) is 14.6. The minimum atomic E-state index is -1.03. The van der Waals surface area contributed by atoms with Gasteiger partial charge in [-0.1, -0.05) is 39.0 Å². The molecule has 20 heavy (non-hydrogen) atoms. The molecule has 1 aromatic carbocycles. The summed E-state index contributed by atoms with van der Waals surface area (Å²) in [6.45, 7) is 9.03. The van der Waals surface area contributed by atoms with Gasteiger partial charge in [-0.15, -0.1) is 0 Å². The molecule has 0 bridgehead atoms. The molecule has 0 saturated heterocycles. The van der Waals surface area contributed by atoms with E-state index >= 15 is 0 Å². The summed E-state index contributed by atoms with van der Waals surface area (Å²) >= 11 is 0. The van der Waals surface area contributed by atoms with Gasteiger partial charge in [0.15, 0.2) is 0 Å². The lowest BCUT2D eigenvalue weighted by Crippen LogP contribution is -2.37. The van der Waals surface area contributed by atoms with E-state index in [4.69, 9.17) is 4.42 Å². The summed E-state index contributed by atoms with van der Waals surface area (Å²) < 4.78 is 5.44. The van der Waals surface area contributed by atoms with Gasteiger partial charge in [-0.2, -0.15) is 0 Å². The summed E-state index contributed by atoms with van der Waals surface area (Å²) in [5.74, 6) is -0.999. The van der Waals surface area contributed by atoms with Crippen LogP contribution < -0.4 is 5.32 Å². The molecular weight excluding hydrogens is 254 g/mol. The zero-order chi connectivity index (χ0) is 14.9. The third-order valence-corrected chi connectivity index (χ3v) is 3.78. The number of furan rings is 1. The molecule has 2 rings (SSSR count). The van der Waals surface area contributed by atoms with E-state index in [1.165, 1.54) is 0 Å². The van der Waals surface area contributed by atoms with E-state index < -0.39 is 5.97 Å². The lowest BCUT2D eigenvalue weighted by molar-refractivity contribution is 0.0663. The average molecular weight is 275 g/mol. The zero-order valence-corrected chi connectivity index (χ0v) is 12.4. The smallest absolute Gasteiger partial charge is 0.372 e. The van der Waals surface area contributed by atoms with Crippen molar-refractivity contribution in [3.63, 3.8) is 0 Å². The maximum atomic E-state index is 11.3. The molecule has 0 radical (unpaired) electrons. The van der Waals surface area contributed by atoms with E-state index in [0.29, 0.717) is 17.7 Å². The van der Waals surface area contributed by atoms with Crippen LogP contribution in [0.3, 0.4) is 0 Å². The molecule has 0 aliphatic carbocycles. The van der Waals surface area contributed by atoms with Gasteiger partial charge in [-0.05, 0) is 18.4 Å². The van der Waals surface area contributed by atoms with E-state index in [9.17, 15) is 9.90 Å². The second kappa shape index (κ2) is 5.29. The summed E-state index contributed by atoms with van der Waals surface area (Å²) in [6.07, 6.45) is 0. The quantitative estimate of drug-likeness (QED) is 0.894. The van der Waals surface area contributed by atoms with Crippen molar-refractivity contribution in [3.8, 4) is 0 Å². The van der Waals surface area contributed by atoms with Gasteiger partial charge in [-0.25, -0.2) is 4.79 Å². The Bertz CT molecular complexity index is 622. The Morgan fingerprint density at radius 3 is 2.60 bits per heavy atom. The Morgan fingerprint density at radius 1 is 1.35 bits per heavy atom. The molecule has 2 N–H and O–H groups in total. The molecule has 1 unspecified atom stereocenters. The number of nitrogens with one attached hydrogen (secondary N) is 1. The molecule has 2 aromatic rings. The highest BCUT2D eigenvalue weighted by Crippen LogP contribution is 2.27. The van der Waals surface area contributed by atoms with Crippen molar-refractivity contribution in [2.45, 2.75) is 40.3 Å². The van der Waals surface area contributed by atoms with E-state index in [1.54, 1.807) is 6.07 Å². The topological polar surface area (TPSA) is 62.5 Å². The van der Waals surface area contributed by atoms with E-state index in [-0.39, 0.29) is 17.2 Å². The van der Waals surface area contributed by atoms with Crippen LogP contribution in [0.25, 0.3) is 11.0 Å². The van der Waals surface area contributed by atoms with Gasteiger partial charge in [0.1, 0.15) is 5.58 Å².